The summed E-state index contributed by atoms with van der Waals surface area (Å²) in [4.78, 5) is 24.6. The van der Waals surface area contributed by atoms with Gasteiger partial charge >= 0.3 is 5.97 Å². The quantitative estimate of drug-likeness (QED) is 0.0320. The lowest BCUT2D eigenvalue weighted by Crippen LogP contribution is -2.45. The van der Waals surface area contributed by atoms with Crippen molar-refractivity contribution in [1.29, 1.82) is 0 Å². The van der Waals surface area contributed by atoms with Crippen LogP contribution in [0, 0.1) is 0 Å². The van der Waals surface area contributed by atoms with E-state index in [-0.39, 0.29) is 18.5 Å². The van der Waals surface area contributed by atoms with Gasteiger partial charge in [0.15, 0.2) is 0 Å². The number of amides is 1. The molecular weight excluding hydrogens is 899 g/mol. The van der Waals surface area contributed by atoms with Gasteiger partial charge in [-0.15, -0.1) is 0 Å². The van der Waals surface area contributed by atoms with Crippen LogP contribution < -0.4 is 5.32 Å². The molecule has 6 nitrogen and oxygen atoms in total. The maximum Gasteiger partial charge on any atom is 0.305 e. The largest absolute Gasteiger partial charge is 0.466 e. The van der Waals surface area contributed by atoms with Crippen molar-refractivity contribution in [2.75, 3.05) is 13.2 Å². The molecule has 0 rings (SSSR count). The van der Waals surface area contributed by atoms with E-state index in [4.69, 9.17) is 4.74 Å². The highest BCUT2D eigenvalue weighted by Gasteiger charge is 2.20. The molecule has 0 fully saturated rings. The number of carbonyl (C=O) groups is 2. The van der Waals surface area contributed by atoms with Gasteiger partial charge in [-0.2, -0.15) is 0 Å². The first kappa shape index (κ1) is 71.6. The second kappa shape index (κ2) is 63.1. The third-order valence-electron chi connectivity index (χ3n) is 15.8. The van der Waals surface area contributed by atoms with Gasteiger partial charge in [-0.05, 0) is 51.4 Å². The summed E-state index contributed by atoms with van der Waals surface area (Å²) in [5, 5.41) is 23.4. The molecule has 2 unspecified atom stereocenters. The van der Waals surface area contributed by atoms with Crippen LogP contribution in [0.5, 0.6) is 0 Å². The minimum Gasteiger partial charge on any atom is -0.466 e. The Labute approximate surface area is 457 Å². The van der Waals surface area contributed by atoms with E-state index >= 15 is 0 Å². The zero-order valence-corrected chi connectivity index (χ0v) is 49.6. The van der Waals surface area contributed by atoms with E-state index in [9.17, 15) is 19.8 Å². The number of aliphatic hydroxyl groups is 2. The van der Waals surface area contributed by atoms with E-state index in [0.717, 1.165) is 44.9 Å². The highest BCUT2D eigenvalue weighted by atomic mass is 16.5. The summed E-state index contributed by atoms with van der Waals surface area (Å²) in [6, 6.07) is -0.544. The lowest BCUT2D eigenvalue weighted by molar-refractivity contribution is -0.143. The molecule has 0 bridgehead atoms. The van der Waals surface area contributed by atoms with Crippen molar-refractivity contribution in [1.82, 2.24) is 5.32 Å². The van der Waals surface area contributed by atoms with Crippen LogP contribution in [0.25, 0.3) is 0 Å². The first-order chi connectivity index (χ1) is 36.0. The minimum atomic E-state index is -0.666. The van der Waals surface area contributed by atoms with Gasteiger partial charge in [0.2, 0.25) is 5.91 Å². The van der Waals surface area contributed by atoms with E-state index in [1.807, 2.05) is 0 Å². The number of allylic oxidation sites excluding steroid dienone is 2. The van der Waals surface area contributed by atoms with E-state index in [1.165, 1.54) is 302 Å². The fourth-order valence-electron chi connectivity index (χ4n) is 10.7. The number of hydrogen-bond donors (Lipinski definition) is 3. The Morgan fingerprint density at radius 2 is 0.644 bits per heavy atom. The van der Waals surface area contributed by atoms with Crippen LogP contribution in [-0.2, 0) is 14.3 Å². The average Bonchev–Trinajstić information content (AvgIpc) is 3.39. The Hall–Kier alpha value is -1.40. The number of nitrogens with one attached hydrogen (secondary N) is 1. The fourth-order valence-corrected chi connectivity index (χ4v) is 10.7. The van der Waals surface area contributed by atoms with Crippen LogP contribution in [-0.4, -0.2) is 47.4 Å². The highest BCUT2D eigenvalue weighted by molar-refractivity contribution is 5.76. The Morgan fingerprint density at radius 3 is 1.00 bits per heavy atom. The number of ether oxygens (including phenoxy) is 1. The molecule has 0 saturated carbocycles. The molecule has 2 atom stereocenters. The summed E-state index contributed by atoms with van der Waals surface area (Å²) in [5.74, 6) is -0.0304. The van der Waals surface area contributed by atoms with E-state index < -0.39 is 12.1 Å². The molecule has 3 N–H and O–H groups in total. The molecule has 0 aromatic rings. The predicted molar refractivity (Wildman–Crippen MR) is 320 cm³/mol. The molecule has 0 aliphatic rings. The molecule has 0 aromatic carbocycles. The van der Waals surface area contributed by atoms with Gasteiger partial charge in [0, 0.05) is 12.8 Å². The monoisotopic (exact) mass is 1030 g/mol. The number of esters is 1. The summed E-state index contributed by atoms with van der Waals surface area (Å²) in [7, 11) is 0. The smallest absolute Gasteiger partial charge is 0.305 e. The highest BCUT2D eigenvalue weighted by Crippen LogP contribution is 2.19. The molecule has 0 aliphatic carbocycles. The van der Waals surface area contributed by atoms with Crippen LogP contribution in [0.15, 0.2) is 12.2 Å². The predicted octanol–water partition coefficient (Wildman–Crippen LogP) is 21.2. The van der Waals surface area contributed by atoms with Gasteiger partial charge in [0.25, 0.3) is 0 Å². The van der Waals surface area contributed by atoms with Gasteiger partial charge in [-0.1, -0.05) is 328 Å². The number of carbonyl (C=O) groups excluding carboxylic acids is 2. The third-order valence-corrected chi connectivity index (χ3v) is 15.8. The molecule has 0 radical (unpaired) electrons. The standard InChI is InChI=1S/C67H131NO5/c1-3-5-7-9-11-13-15-17-18-19-20-21-22-23-24-27-30-33-36-39-43-47-51-55-59-65(70)64(63-69)68-66(71)60-56-52-48-44-40-37-34-31-28-25-26-29-32-35-38-42-46-50-54-58-62-73-67(72)61-57-53-49-45-41-16-14-12-10-8-6-4-2/h12,14,64-65,69-70H,3-11,13,15-63H2,1-2H3,(H,68,71)/b14-12-. The summed E-state index contributed by atoms with van der Waals surface area (Å²) in [6.45, 7) is 4.96. The fraction of sp³-hybridized carbons (Fsp3) is 0.940. The molecule has 1 amide bonds. The topological polar surface area (TPSA) is 95.9 Å². The van der Waals surface area contributed by atoms with Gasteiger partial charge in [0.1, 0.15) is 0 Å². The molecule has 73 heavy (non-hydrogen) atoms. The maximum atomic E-state index is 12.5. The first-order valence-electron chi connectivity index (χ1n) is 33.4. The number of unbranched alkanes of at least 4 members (excludes halogenated alkanes) is 50. The molecule has 0 aromatic heterocycles. The van der Waals surface area contributed by atoms with Crippen molar-refractivity contribution in [3.8, 4) is 0 Å². The third kappa shape index (κ3) is 59.7. The average molecular weight is 1030 g/mol. The van der Waals surface area contributed by atoms with Crippen molar-refractivity contribution in [2.24, 2.45) is 0 Å². The van der Waals surface area contributed by atoms with Crippen LogP contribution in [0.2, 0.25) is 0 Å². The minimum absolute atomic E-state index is 0.00165. The molecule has 6 heteroatoms. The summed E-state index contributed by atoms with van der Waals surface area (Å²) in [6.07, 6.45) is 76.7. The van der Waals surface area contributed by atoms with Gasteiger partial charge in [-0.3, -0.25) is 9.59 Å². The van der Waals surface area contributed by atoms with E-state index in [0.29, 0.717) is 25.9 Å². The normalized spacial score (nSPS) is 12.5. The lowest BCUT2D eigenvalue weighted by atomic mass is 10.0. The number of hydrogen-bond acceptors (Lipinski definition) is 5. The second-order valence-electron chi connectivity index (χ2n) is 23.2. The van der Waals surface area contributed by atoms with E-state index in [1.54, 1.807) is 0 Å². The number of rotatable bonds is 63. The maximum absolute atomic E-state index is 12.5. The second-order valence-corrected chi connectivity index (χ2v) is 23.2. The SMILES string of the molecule is CCCCC/C=C\CCCCCCCC(=O)OCCCCCCCCCCCCCCCCCCCCCCC(=O)NC(CO)C(O)CCCCCCCCCCCCCCCCCCCCCCCCCC. The van der Waals surface area contributed by atoms with Crippen LogP contribution in [0.1, 0.15) is 380 Å². The zero-order valence-electron chi connectivity index (χ0n) is 49.6. The van der Waals surface area contributed by atoms with E-state index in [2.05, 4.69) is 31.3 Å². The first-order valence-corrected chi connectivity index (χ1v) is 33.4. The van der Waals surface area contributed by atoms with Gasteiger partial charge < -0.3 is 20.3 Å². The van der Waals surface area contributed by atoms with Crippen molar-refractivity contribution in [2.45, 2.75) is 392 Å². The van der Waals surface area contributed by atoms with Crippen LogP contribution in [0.3, 0.4) is 0 Å². The molecule has 0 saturated heterocycles. The Balaban J connectivity index is 3.39. The van der Waals surface area contributed by atoms with Crippen molar-refractivity contribution < 1.29 is 24.5 Å². The van der Waals surface area contributed by atoms with Crippen molar-refractivity contribution in [3.05, 3.63) is 12.2 Å². The summed E-state index contributed by atoms with van der Waals surface area (Å²) in [5.41, 5.74) is 0. The summed E-state index contributed by atoms with van der Waals surface area (Å²) < 4.78 is 5.47. The van der Waals surface area contributed by atoms with Gasteiger partial charge in [-0.25, -0.2) is 0 Å². The van der Waals surface area contributed by atoms with Crippen molar-refractivity contribution in [3.63, 3.8) is 0 Å². The number of aliphatic hydroxyl groups excluding tert-OH is 2. The van der Waals surface area contributed by atoms with Crippen LogP contribution >= 0.6 is 0 Å². The lowest BCUT2D eigenvalue weighted by Gasteiger charge is -2.22. The Morgan fingerprint density at radius 1 is 0.370 bits per heavy atom. The molecule has 434 valence electrons. The molecular formula is C67H131NO5. The summed E-state index contributed by atoms with van der Waals surface area (Å²) >= 11 is 0. The van der Waals surface area contributed by atoms with Crippen molar-refractivity contribution >= 4 is 11.9 Å². The Bertz CT molecular complexity index is 1100. The molecule has 0 spiro atoms. The van der Waals surface area contributed by atoms with Crippen LogP contribution in [0.4, 0.5) is 0 Å². The van der Waals surface area contributed by atoms with Gasteiger partial charge in [0.05, 0.1) is 25.4 Å². The Kier molecular flexibility index (Phi) is 61.9. The molecule has 0 heterocycles. The zero-order chi connectivity index (χ0) is 52.9. The molecule has 0 aliphatic heterocycles.